The zero-order chi connectivity index (χ0) is 48.7. The molecule has 0 aliphatic rings. The Morgan fingerprint density at radius 3 is 1.53 bits per heavy atom. The molecule has 0 atom stereocenters. The van der Waals surface area contributed by atoms with Gasteiger partial charge in [-0.3, -0.25) is 19.9 Å². The number of thiazole rings is 1. The van der Waals surface area contributed by atoms with Crippen molar-refractivity contribution in [3.8, 4) is 5.75 Å². The van der Waals surface area contributed by atoms with Gasteiger partial charge >= 0.3 is 0 Å². The molecule has 0 saturated heterocycles. The fourth-order valence-corrected chi connectivity index (χ4v) is 9.17. The molecule has 0 unspecified atom stereocenters. The van der Waals surface area contributed by atoms with Crippen LogP contribution in [0.5, 0.6) is 5.75 Å². The van der Waals surface area contributed by atoms with Gasteiger partial charge in [0.2, 0.25) is 0 Å². The molecule has 0 aliphatic heterocycles. The molecule has 0 fully saturated rings. The van der Waals surface area contributed by atoms with Crippen molar-refractivity contribution in [1.29, 1.82) is 0 Å². The third-order valence-corrected chi connectivity index (χ3v) is 12.8. The van der Waals surface area contributed by atoms with Crippen molar-refractivity contribution in [1.82, 2.24) is 24.9 Å². The maximum absolute atomic E-state index is 9.09. The van der Waals surface area contributed by atoms with Gasteiger partial charge in [0.15, 0.2) is 0 Å². The maximum Gasteiger partial charge on any atom is 0.137 e. The summed E-state index contributed by atoms with van der Waals surface area (Å²) >= 11 is 1.73. The molecule has 0 amide bonds. The molecule has 5 aromatic carbocycles. The second-order valence-corrected chi connectivity index (χ2v) is 19.2. The SMILES string of the molecule is CC(C)c1cccc2cnccc12.CC(C)c1cccc2ncc(CO)cc12.CC(C)c1cccc2ncccc12.CC(C)c1cccc2ncsc12.COc1cnc2cccc(C(C)C)c2c1. The van der Waals surface area contributed by atoms with E-state index in [-0.39, 0.29) is 6.61 Å². The van der Waals surface area contributed by atoms with Crippen LogP contribution in [0.2, 0.25) is 0 Å². The first kappa shape index (κ1) is 50.8. The molecule has 10 aromatic rings. The van der Waals surface area contributed by atoms with Gasteiger partial charge in [0.05, 0.1) is 52.2 Å². The summed E-state index contributed by atoms with van der Waals surface area (Å²) in [6.07, 6.45) is 9.10. The lowest BCUT2D eigenvalue weighted by Gasteiger charge is -2.10. The summed E-state index contributed by atoms with van der Waals surface area (Å²) in [5.41, 5.74) is 13.8. The molecular formula is C60H67N5O2S. The number of hydrogen-bond donors (Lipinski definition) is 1. The van der Waals surface area contributed by atoms with Crippen molar-refractivity contribution in [3.63, 3.8) is 0 Å². The first-order chi connectivity index (χ1) is 32.8. The molecule has 5 heterocycles. The van der Waals surface area contributed by atoms with Crippen LogP contribution in [-0.2, 0) is 6.61 Å². The van der Waals surface area contributed by atoms with E-state index in [0.29, 0.717) is 29.6 Å². The molecule has 0 saturated carbocycles. The monoisotopic (exact) mass is 922 g/mol. The predicted octanol–water partition coefficient (Wildman–Crippen LogP) is 16.4. The van der Waals surface area contributed by atoms with Gasteiger partial charge in [-0.05, 0) is 117 Å². The summed E-state index contributed by atoms with van der Waals surface area (Å²) in [5, 5.41) is 15.3. The molecule has 7 nitrogen and oxygen atoms in total. The molecule has 0 aliphatic carbocycles. The van der Waals surface area contributed by atoms with Crippen molar-refractivity contribution in [2.24, 2.45) is 0 Å². The van der Waals surface area contributed by atoms with E-state index in [1.54, 1.807) is 30.8 Å². The number of aliphatic hydroxyl groups is 1. The highest BCUT2D eigenvalue weighted by Crippen LogP contribution is 2.30. The second-order valence-electron chi connectivity index (χ2n) is 18.4. The number of nitrogens with zero attached hydrogens (tertiary/aromatic N) is 5. The van der Waals surface area contributed by atoms with Crippen LogP contribution in [0.4, 0.5) is 0 Å². The first-order valence-corrected chi connectivity index (χ1v) is 24.6. The second kappa shape index (κ2) is 24.4. The summed E-state index contributed by atoms with van der Waals surface area (Å²) < 4.78 is 6.53. The van der Waals surface area contributed by atoms with Crippen LogP contribution >= 0.6 is 11.3 Å². The Labute approximate surface area is 407 Å². The van der Waals surface area contributed by atoms with E-state index < -0.39 is 0 Å². The summed E-state index contributed by atoms with van der Waals surface area (Å²) in [6, 6.07) is 41.7. The van der Waals surface area contributed by atoms with Gasteiger partial charge in [0.1, 0.15) is 5.75 Å². The highest BCUT2D eigenvalue weighted by molar-refractivity contribution is 7.17. The van der Waals surface area contributed by atoms with Crippen molar-refractivity contribution in [3.05, 3.63) is 191 Å². The highest BCUT2D eigenvalue weighted by Gasteiger charge is 2.09. The average molecular weight is 922 g/mol. The third kappa shape index (κ3) is 12.9. The number of aromatic nitrogens is 5. The Kier molecular flexibility index (Phi) is 18.2. The topological polar surface area (TPSA) is 93.9 Å². The maximum atomic E-state index is 9.09. The molecule has 10 rings (SSSR count). The van der Waals surface area contributed by atoms with E-state index in [1.165, 1.54) is 54.1 Å². The standard InChI is InChI=1S/2C13H15NO.2C12H13N.C10H11NS/c1-9(2)11-5-4-6-13-12(11)7-10(15-3)8-14-13;1-9(2)11-4-3-5-13-12(11)6-10(8-15)7-14-13;1-9(2)10-5-3-7-12-11(10)6-4-8-13-12;1-9(2)11-5-3-4-10-8-13-7-6-12(10)11;1-7(2)8-4-3-5-9-10(8)12-6-11-9/h4-9H,1-3H3;3-7,9,15H,8H2,1-2H3;2*3-9H,1-2H3;3-7H,1-2H3. The van der Waals surface area contributed by atoms with Crippen LogP contribution in [0.25, 0.3) is 53.7 Å². The largest absolute Gasteiger partial charge is 0.495 e. The van der Waals surface area contributed by atoms with E-state index in [4.69, 9.17) is 9.84 Å². The molecule has 0 spiro atoms. The molecule has 8 heteroatoms. The number of aliphatic hydroxyl groups excluding tert-OH is 1. The van der Waals surface area contributed by atoms with Crippen LogP contribution in [0.1, 0.15) is 132 Å². The van der Waals surface area contributed by atoms with Gasteiger partial charge in [-0.15, -0.1) is 11.3 Å². The van der Waals surface area contributed by atoms with E-state index in [0.717, 1.165) is 38.8 Å². The van der Waals surface area contributed by atoms with Crippen molar-refractivity contribution in [2.45, 2.75) is 105 Å². The Hall–Kier alpha value is -6.61. The van der Waals surface area contributed by atoms with Crippen LogP contribution in [0.3, 0.4) is 0 Å². The highest BCUT2D eigenvalue weighted by atomic mass is 32.1. The van der Waals surface area contributed by atoms with E-state index in [9.17, 15) is 0 Å². The fourth-order valence-electron chi connectivity index (χ4n) is 8.22. The molecule has 5 aromatic heterocycles. The molecular weight excluding hydrogens is 855 g/mol. The van der Waals surface area contributed by atoms with Crippen LogP contribution in [-0.4, -0.2) is 37.1 Å². The zero-order valence-corrected chi connectivity index (χ0v) is 42.4. The van der Waals surface area contributed by atoms with E-state index >= 15 is 0 Å². The van der Waals surface area contributed by atoms with Gasteiger partial charge in [-0.25, -0.2) is 4.98 Å². The van der Waals surface area contributed by atoms with Gasteiger partial charge in [-0.1, -0.05) is 142 Å². The first-order valence-electron chi connectivity index (χ1n) is 23.7. The number of pyridine rings is 4. The number of fused-ring (bicyclic) bond motifs is 5. The molecule has 68 heavy (non-hydrogen) atoms. The van der Waals surface area contributed by atoms with Crippen LogP contribution < -0.4 is 4.74 Å². The molecule has 350 valence electrons. The number of ether oxygens (including phenoxy) is 1. The number of hydrogen-bond acceptors (Lipinski definition) is 8. The quantitative estimate of drug-likeness (QED) is 0.170. The average Bonchev–Trinajstić information content (AvgIpc) is 3.85. The number of rotatable bonds is 7. The summed E-state index contributed by atoms with van der Waals surface area (Å²) in [4.78, 5) is 21.4. The smallest absolute Gasteiger partial charge is 0.137 e. The normalized spacial score (nSPS) is 11.1. The predicted molar refractivity (Wildman–Crippen MR) is 290 cm³/mol. The fraction of sp³-hybridized carbons (Fsp3) is 0.283. The Morgan fingerprint density at radius 1 is 0.456 bits per heavy atom. The van der Waals surface area contributed by atoms with Crippen molar-refractivity contribution >= 4 is 65.0 Å². The van der Waals surface area contributed by atoms with Gasteiger partial charge in [-0.2, -0.15) is 0 Å². The summed E-state index contributed by atoms with van der Waals surface area (Å²) in [7, 11) is 1.67. The van der Waals surface area contributed by atoms with Crippen molar-refractivity contribution in [2.75, 3.05) is 7.11 Å². The van der Waals surface area contributed by atoms with Crippen molar-refractivity contribution < 1.29 is 9.84 Å². The minimum atomic E-state index is 0.0510. The minimum absolute atomic E-state index is 0.0510. The van der Waals surface area contributed by atoms with Gasteiger partial charge < -0.3 is 9.84 Å². The summed E-state index contributed by atoms with van der Waals surface area (Å²) in [6.45, 7) is 22.1. The molecule has 1 N–H and O–H groups in total. The lowest BCUT2D eigenvalue weighted by atomic mass is 9.97. The van der Waals surface area contributed by atoms with Crippen LogP contribution in [0.15, 0.2) is 158 Å². The lowest BCUT2D eigenvalue weighted by molar-refractivity contribution is 0.281. The number of methoxy groups -OCH3 is 1. The number of benzene rings is 5. The Balaban J connectivity index is 0.000000140. The Bertz CT molecular complexity index is 2990. The molecule has 0 radical (unpaired) electrons. The third-order valence-electron chi connectivity index (χ3n) is 11.9. The van der Waals surface area contributed by atoms with E-state index in [2.05, 4.69) is 185 Å². The molecule has 0 bridgehead atoms. The Morgan fingerprint density at radius 2 is 0.956 bits per heavy atom. The lowest BCUT2D eigenvalue weighted by Crippen LogP contribution is -1.93. The summed E-state index contributed by atoms with van der Waals surface area (Å²) in [5.74, 6) is 3.52. The van der Waals surface area contributed by atoms with E-state index in [1.807, 2.05) is 54.4 Å². The van der Waals surface area contributed by atoms with Crippen LogP contribution in [0, 0.1) is 0 Å². The van der Waals surface area contributed by atoms with Gasteiger partial charge in [0, 0.05) is 46.3 Å². The van der Waals surface area contributed by atoms with Gasteiger partial charge in [0.25, 0.3) is 0 Å². The zero-order valence-electron chi connectivity index (χ0n) is 41.6. The minimum Gasteiger partial charge on any atom is -0.495 e.